The number of pyridine rings is 1. The molecule has 0 saturated heterocycles. The highest BCUT2D eigenvalue weighted by Crippen LogP contribution is 2.23. The molecule has 0 bridgehead atoms. The van der Waals surface area contributed by atoms with Gasteiger partial charge in [0.1, 0.15) is 18.0 Å². The van der Waals surface area contributed by atoms with Gasteiger partial charge in [-0.3, -0.25) is 4.79 Å². The van der Waals surface area contributed by atoms with Crippen molar-refractivity contribution in [3.8, 4) is 0 Å². The first-order chi connectivity index (χ1) is 17.5. The van der Waals surface area contributed by atoms with E-state index in [1.807, 2.05) is 49.6 Å². The van der Waals surface area contributed by atoms with Gasteiger partial charge in [-0.2, -0.15) is 0 Å². The molecule has 2 heterocycles. The highest BCUT2D eigenvalue weighted by atomic mass is 32.2. The molecule has 190 valence electrons. The summed E-state index contributed by atoms with van der Waals surface area (Å²) in [4.78, 5) is 26.6. The van der Waals surface area contributed by atoms with E-state index in [9.17, 15) is 4.79 Å². The highest BCUT2D eigenvalue weighted by Gasteiger charge is 2.18. The Morgan fingerprint density at radius 2 is 2.00 bits per heavy atom. The lowest BCUT2D eigenvalue weighted by atomic mass is 10.1. The Kier molecular flexibility index (Phi) is 10.8. The second kappa shape index (κ2) is 14.2. The number of aromatic nitrogens is 3. The number of rotatable bonds is 9. The molecule has 0 spiro atoms. The molecule has 1 aliphatic rings. The van der Waals surface area contributed by atoms with E-state index >= 15 is 0 Å². The molecular formula is C28H36N6OS. The second-order valence-electron chi connectivity index (χ2n) is 8.61. The van der Waals surface area contributed by atoms with Gasteiger partial charge in [-0.05, 0) is 55.9 Å². The minimum absolute atomic E-state index is 0.0618. The molecule has 0 aromatic carbocycles. The molecule has 0 unspecified atom stereocenters. The molecule has 4 N–H and O–H groups in total. The Morgan fingerprint density at radius 1 is 1.22 bits per heavy atom. The maximum Gasteiger partial charge on any atom is 0.255 e. The summed E-state index contributed by atoms with van der Waals surface area (Å²) >= 11 is 1.63. The van der Waals surface area contributed by atoms with Crippen LogP contribution in [-0.4, -0.2) is 39.7 Å². The number of hydrogen-bond acceptors (Lipinski definition) is 7. The van der Waals surface area contributed by atoms with Crippen LogP contribution in [0, 0.1) is 0 Å². The smallest absolute Gasteiger partial charge is 0.255 e. The monoisotopic (exact) mass is 504 g/mol. The van der Waals surface area contributed by atoms with Gasteiger partial charge in [0.15, 0.2) is 0 Å². The van der Waals surface area contributed by atoms with Crippen LogP contribution in [0.2, 0.25) is 0 Å². The number of thioether (sulfide) groups is 1. The van der Waals surface area contributed by atoms with Crippen LogP contribution in [0.5, 0.6) is 0 Å². The molecule has 1 saturated carbocycles. The number of carbonyl (C=O) groups excluding carboxylic acids is 1. The Bertz CT molecular complexity index is 1230. The molecule has 1 aliphatic carbocycles. The third kappa shape index (κ3) is 7.81. The Hall–Kier alpha value is -3.39. The number of nitrogen functional groups attached to an aromatic ring is 1. The molecule has 8 heteroatoms. The van der Waals surface area contributed by atoms with Crippen molar-refractivity contribution in [3.05, 3.63) is 75.6 Å². The van der Waals surface area contributed by atoms with Gasteiger partial charge in [-0.25, -0.2) is 15.0 Å². The summed E-state index contributed by atoms with van der Waals surface area (Å²) in [5.41, 5.74) is 7.61. The lowest BCUT2D eigenvalue weighted by Gasteiger charge is -2.17. The fraction of sp³-hybridized carbons (Fsp3) is 0.357. The number of nitrogens with two attached hydrogens (primary N) is 1. The molecule has 2 aromatic rings. The normalized spacial score (nSPS) is 16.2. The summed E-state index contributed by atoms with van der Waals surface area (Å²) in [6.45, 7) is 6.47. The van der Waals surface area contributed by atoms with Gasteiger partial charge in [-0.15, -0.1) is 11.8 Å². The first-order valence-corrected chi connectivity index (χ1v) is 13.6. The summed E-state index contributed by atoms with van der Waals surface area (Å²) < 4.78 is 0. The predicted octanol–water partition coefficient (Wildman–Crippen LogP) is 3.96. The fourth-order valence-corrected chi connectivity index (χ4v) is 4.76. The van der Waals surface area contributed by atoms with Crippen LogP contribution in [0.15, 0.2) is 59.4 Å². The molecule has 36 heavy (non-hydrogen) atoms. The molecule has 1 amide bonds. The molecule has 7 nitrogen and oxygen atoms in total. The summed E-state index contributed by atoms with van der Waals surface area (Å²) in [7, 11) is 0. The van der Waals surface area contributed by atoms with Gasteiger partial charge in [-0.1, -0.05) is 50.5 Å². The predicted molar refractivity (Wildman–Crippen MR) is 152 cm³/mol. The van der Waals surface area contributed by atoms with Crippen molar-refractivity contribution in [2.75, 3.05) is 23.9 Å². The largest absolute Gasteiger partial charge is 0.383 e. The van der Waals surface area contributed by atoms with E-state index in [2.05, 4.69) is 32.2 Å². The highest BCUT2D eigenvalue weighted by molar-refractivity contribution is 8.02. The van der Waals surface area contributed by atoms with E-state index in [-0.39, 0.29) is 11.9 Å². The number of nitrogens with zero attached hydrogens (tertiary/aromatic N) is 3. The van der Waals surface area contributed by atoms with E-state index in [0.717, 1.165) is 28.5 Å². The maximum absolute atomic E-state index is 12.9. The van der Waals surface area contributed by atoms with Crippen molar-refractivity contribution < 1.29 is 4.79 Å². The molecular weight excluding hydrogens is 468 g/mol. The summed E-state index contributed by atoms with van der Waals surface area (Å²) in [5.74, 6) is 0.935. The van der Waals surface area contributed by atoms with Gasteiger partial charge in [0, 0.05) is 28.9 Å². The minimum Gasteiger partial charge on any atom is -0.383 e. The van der Waals surface area contributed by atoms with Gasteiger partial charge in [0.25, 0.3) is 5.91 Å². The average Bonchev–Trinajstić information content (AvgIpc) is 3.15. The van der Waals surface area contributed by atoms with Crippen LogP contribution in [0.3, 0.4) is 0 Å². The Balaban J connectivity index is 1.65. The molecule has 0 radical (unpaired) electrons. The number of amides is 1. The van der Waals surface area contributed by atoms with Crippen molar-refractivity contribution >= 4 is 42.0 Å². The maximum atomic E-state index is 12.9. The number of allylic oxidation sites excluding steroid dienone is 4. The number of nitrogens with one attached hydrogen (secondary N) is 2. The third-order valence-electron chi connectivity index (χ3n) is 6.13. The summed E-state index contributed by atoms with van der Waals surface area (Å²) in [6.07, 6.45) is 22.1. The van der Waals surface area contributed by atoms with Gasteiger partial charge >= 0.3 is 0 Å². The molecule has 0 atom stereocenters. The zero-order valence-electron chi connectivity index (χ0n) is 21.2. The zero-order chi connectivity index (χ0) is 25.8. The van der Waals surface area contributed by atoms with Crippen molar-refractivity contribution in [3.63, 3.8) is 0 Å². The second-order valence-corrected chi connectivity index (χ2v) is 9.46. The van der Waals surface area contributed by atoms with E-state index in [1.165, 1.54) is 32.0 Å². The van der Waals surface area contributed by atoms with Crippen molar-refractivity contribution in [1.82, 2.24) is 20.3 Å². The van der Waals surface area contributed by atoms with Crippen LogP contribution in [-0.2, 0) is 0 Å². The van der Waals surface area contributed by atoms with Gasteiger partial charge in [0.05, 0.1) is 10.9 Å². The van der Waals surface area contributed by atoms with Crippen molar-refractivity contribution in [2.24, 2.45) is 0 Å². The summed E-state index contributed by atoms with van der Waals surface area (Å²) in [5, 5.41) is 7.80. The van der Waals surface area contributed by atoms with Crippen LogP contribution < -0.4 is 26.9 Å². The van der Waals surface area contributed by atoms with E-state index in [4.69, 9.17) is 5.73 Å². The van der Waals surface area contributed by atoms with E-state index < -0.39 is 0 Å². The van der Waals surface area contributed by atoms with E-state index in [1.54, 1.807) is 24.0 Å². The quantitative estimate of drug-likeness (QED) is 0.351. The van der Waals surface area contributed by atoms with Gasteiger partial charge in [0.2, 0.25) is 0 Å². The Morgan fingerprint density at radius 3 is 2.69 bits per heavy atom. The van der Waals surface area contributed by atoms with E-state index in [0.29, 0.717) is 29.1 Å². The Labute approximate surface area is 217 Å². The average molecular weight is 505 g/mol. The lowest BCUT2D eigenvalue weighted by Crippen LogP contribution is -2.34. The van der Waals surface area contributed by atoms with Crippen LogP contribution in [0.25, 0.3) is 12.7 Å². The molecule has 3 rings (SSSR count). The van der Waals surface area contributed by atoms with Crippen molar-refractivity contribution in [1.29, 1.82) is 0 Å². The van der Waals surface area contributed by atoms with Crippen LogP contribution >= 0.6 is 11.8 Å². The van der Waals surface area contributed by atoms with Crippen LogP contribution in [0.4, 0.5) is 11.6 Å². The van der Waals surface area contributed by atoms with Gasteiger partial charge < -0.3 is 16.4 Å². The zero-order valence-corrected chi connectivity index (χ0v) is 22.0. The summed E-state index contributed by atoms with van der Waals surface area (Å²) in [6, 6.07) is 3.87. The SMILES string of the molecule is C=c1ncnc(N)/c1=C/C(=C\C)C(=C/C=C/CNc1ncccc1C(=O)NC1CCCCCC1)/SC. The number of anilines is 2. The molecule has 0 aliphatic heterocycles. The minimum atomic E-state index is -0.0618. The number of carbonyl (C=O) groups is 1. The number of hydrogen-bond donors (Lipinski definition) is 3. The molecule has 1 fully saturated rings. The lowest BCUT2D eigenvalue weighted by molar-refractivity contribution is 0.0934. The van der Waals surface area contributed by atoms with Crippen LogP contribution in [0.1, 0.15) is 55.8 Å². The first kappa shape index (κ1) is 27.2. The standard InChI is InChI=1S/C28H36N6OS/c1-4-21(18-24-20(2)32-19-33-26(24)29)25(36-3)15-9-10-16-30-27-23(14-11-17-31-27)28(35)34-22-12-7-5-6-8-13-22/h4,9-11,14-15,17-19,22H,2,5-8,12-13,16H2,1,3H3,(H,30,31)(H,34,35)(H2,29,32,33)/b10-9+,21-4+,24-18+,25-15-. The van der Waals surface area contributed by atoms with Crippen molar-refractivity contribution in [2.45, 2.75) is 51.5 Å². The first-order valence-electron chi connectivity index (χ1n) is 12.4. The topological polar surface area (TPSA) is 106 Å². The molecule has 2 aromatic heterocycles. The third-order valence-corrected chi connectivity index (χ3v) is 6.94. The fourth-order valence-electron chi connectivity index (χ4n) is 4.13.